The average molecular weight is 325 g/mol. The maximum atomic E-state index is 13.9. The van der Waals surface area contributed by atoms with Gasteiger partial charge in [0.25, 0.3) is 0 Å². The van der Waals surface area contributed by atoms with Crippen LogP contribution in [0.3, 0.4) is 0 Å². The molecule has 2 aromatic rings. The second-order valence-electron chi connectivity index (χ2n) is 4.70. The summed E-state index contributed by atoms with van der Waals surface area (Å²) in [5, 5.41) is 3.39. The number of halogens is 2. The van der Waals surface area contributed by atoms with Crippen LogP contribution in [0.1, 0.15) is 18.7 Å². The maximum absolute atomic E-state index is 13.9. The van der Waals surface area contributed by atoms with Crippen molar-refractivity contribution in [2.75, 3.05) is 6.54 Å². The second-order valence-corrected chi connectivity index (χ2v) is 5.55. The number of nitrogens with zero attached hydrogens (tertiary/aromatic N) is 1. The van der Waals surface area contributed by atoms with Crippen LogP contribution in [0, 0.1) is 5.82 Å². The zero-order valence-electron chi connectivity index (χ0n) is 10.3. The van der Waals surface area contributed by atoms with Gasteiger partial charge in [-0.05, 0) is 40.9 Å². The van der Waals surface area contributed by atoms with Crippen molar-refractivity contribution in [1.29, 1.82) is 0 Å². The first-order valence-corrected chi connectivity index (χ1v) is 7.16. The molecule has 1 aliphatic carbocycles. The lowest BCUT2D eigenvalue weighted by Gasteiger charge is -2.01. The van der Waals surface area contributed by atoms with Crippen LogP contribution in [0.4, 0.5) is 4.39 Å². The van der Waals surface area contributed by atoms with Crippen LogP contribution < -0.4 is 5.32 Å². The van der Waals surface area contributed by atoms with Crippen LogP contribution in [0.5, 0.6) is 0 Å². The van der Waals surface area contributed by atoms with Crippen molar-refractivity contribution in [3.05, 3.63) is 40.6 Å². The van der Waals surface area contributed by atoms with E-state index in [0.29, 0.717) is 27.7 Å². The number of rotatable bonds is 5. The fourth-order valence-electron chi connectivity index (χ4n) is 1.92. The molecule has 0 atom stereocenters. The van der Waals surface area contributed by atoms with Crippen molar-refractivity contribution < 1.29 is 8.81 Å². The Morgan fingerprint density at radius 2 is 2.26 bits per heavy atom. The van der Waals surface area contributed by atoms with E-state index in [-0.39, 0.29) is 5.82 Å². The van der Waals surface area contributed by atoms with Crippen LogP contribution >= 0.6 is 15.9 Å². The van der Waals surface area contributed by atoms with Crippen molar-refractivity contribution in [2.45, 2.75) is 25.3 Å². The largest absolute Gasteiger partial charge is 0.441 e. The third-order valence-corrected chi connectivity index (χ3v) is 3.73. The molecule has 1 heterocycles. The summed E-state index contributed by atoms with van der Waals surface area (Å²) in [7, 11) is 0. The summed E-state index contributed by atoms with van der Waals surface area (Å²) in [5.41, 5.74) is 0.434. The molecule has 0 saturated heterocycles. The van der Waals surface area contributed by atoms with Crippen molar-refractivity contribution >= 4 is 15.9 Å². The summed E-state index contributed by atoms with van der Waals surface area (Å²) in [6.45, 7) is 0.853. The predicted octanol–water partition coefficient (Wildman–Crippen LogP) is 3.54. The SMILES string of the molecule is Fc1c(Br)cccc1-c1cnc(CCNC2CC2)o1. The smallest absolute Gasteiger partial charge is 0.196 e. The number of hydrogen-bond donors (Lipinski definition) is 1. The van der Waals surface area contributed by atoms with Gasteiger partial charge in [0.15, 0.2) is 11.7 Å². The van der Waals surface area contributed by atoms with Crippen molar-refractivity contribution in [3.63, 3.8) is 0 Å². The molecule has 0 unspecified atom stereocenters. The molecule has 1 N–H and O–H groups in total. The van der Waals surface area contributed by atoms with Gasteiger partial charge < -0.3 is 9.73 Å². The molecule has 1 aliphatic rings. The Hall–Kier alpha value is -1.20. The van der Waals surface area contributed by atoms with Gasteiger partial charge in [0.1, 0.15) is 5.82 Å². The highest BCUT2D eigenvalue weighted by Crippen LogP contribution is 2.28. The Labute approximate surface area is 119 Å². The van der Waals surface area contributed by atoms with Gasteiger partial charge in [0, 0.05) is 19.0 Å². The number of aromatic nitrogens is 1. The van der Waals surface area contributed by atoms with E-state index in [9.17, 15) is 4.39 Å². The molecule has 0 bridgehead atoms. The van der Waals surface area contributed by atoms with E-state index < -0.39 is 0 Å². The van der Waals surface area contributed by atoms with E-state index >= 15 is 0 Å². The predicted molar refractivity (Wildman–Crippen MR) is 74.3 cm³/mol. The summed E-state index contributed by atoms with van der Waals surface area (Å²) in [6.07, 6.45) is 4.84. The van der Waals surface area contributed by atoms with E-state index in [2.05, 4.69) is 26.2 Å². The highest BCUT2D eigenvalue weighted by atomic mass is 79.9. The van der Waals surface area contributed by atoms with Gasteiger partial charge in [-0.25, -0.2) is 9.37 Å². The molecule has 1 saturated carbocycles. The molecule has 0 spiro atoms. The minimum absolute atomic E-state index is 0.318. The number of benzene rings is 1. The van der Waals surface area contributed by atoms with Crippen molar-refractivity contribution in [1.82, 2.24) is 10.3 Å². The molecular weight excluding hydrogens is 311 g/mol. The molecule has 3 rings (SSSR count). The molecule has 0 aliphatic heterocycles. The van der Waals surface area contributed by atoms with E-state index in [1.54, 1.807) is 24.4 Å². The maximum Gasteiger partial charge on any atom is 0.196 e. The van der Waals surface area contributed by atoms with Crippen LogP contribution in [-0.2, 0) is 6.42 Å². The summed E-state index contributed by atoms with van der Waals surface area (Å²) in [4.78, 5) is 4.19. The Morgan fingerprint density at radius 1 is 1.42 bits per heavy atom. The average Bonchev–Trinajstić information content (AvgIpc) is 3.10. The molecule has 0 radical (unpaired) electrons. The van der Waals surface area contributed by atoms with Gasteiger partial charge in [-0.1, -0.05) is 6.07 Å². The molecule has 1 aromatic carbocycles. The lowest BCUT2D eigenvalue weighted by Crippen LogP contribution is -2.19. The number of nitrogens with one attached hydrogen (secondary N) is 1. The van der Waals surface area contributed by atoms with Gasteiger partial charge in [-0.15, -0.1) is 0 Å². The minimum atomic E-state index is -0.318. The monoisotopic (exact) mass is 324 g/mol. The molecule has 1 aromatic heterocycles. The fraction of sp³-hybridized carbons (Fsp3) is 0.357. The van der Waals surface area contributed by atoms with Gasteiger partial charge in [0.2, 0.25) is 0 Å². The first-order valence-electron chi connectivity index (χ1n) is 6.36. The Kier molecular flexibility index (Phi) is 3.66. The molecule has 19 heavy (non-hydrogen) atoms. The highest BCUT2D eigenvalue weighted by molar-refractivity contribution is 9.10. The summed E-state index contributed by atoms with van der Waals surface area (Å²) in [5.74, 6) is 0.795. The topological polar surface area (TPSA) is 38.1 Å². The molecule has 5 heteroatoms. The fourth-order valence-corrected chi connectivity index (χ4v) is 2.28. The molecule has 1 fully saturated rings. The van der Waals surface area contributed by atoms with Crippen molar-refractivity contribution in [2.24, 2.45) is 0 Å². The second kappa shape index (κ2) is 5.43. The van der Waals surface area contributed by atoms with Crippen LogP contribution in [0.25, 0.3) is 11.3 Å². The van der Waals surface area contributed by atoms with Gasteiger partial charge >= 0.3 is 0 Å². The lowest BCUT2D eigenvalue weighted by atomic mass is 10.2. The zero-order chi connectivity index (χ0) is 13.2. The first-order chi connectivity index (χ1) is 9.24. The molecule has 3 nitrogen and oxygen atoms in total. The van der Waals surface area contributed by atoms with Gasteiger partial charge in [-0.3, -0.25) is 0 Å². The normalized spacial score (nSPS) is 14.8. The van der Waals surface area contributed by atoms with E-state index in [4.69, 9.17) is 4.42 Å². The third-order valence-electron chi connectivity index (χ3n) is 3.12. The molecular formula is C14H14BrFN2O. The summed E-state index contributed by atoms with van der Waals surface area (Å²) in [6, 6.07) is 5.80. The van der Waals surface area contributed by atoms with Crippen molar-refractivity contribution in [3.8, 4) is 11.3 Å². The molecule has 0 amide bonds. The minimum Gasteiger partial charge on any atom is -0.441 e. The quantitative estimate of drug-likeness (QED) is 0.914. The van der Waals surface area contributed by atoms with Crippen LogP contribution in [0.2, 0.25) is 0 Å². The number of hydrogen-bond acceptors (Lipinski definition) is 3. The Morgan fingerprint density at radius 3 is 3.05 bits per heavy atom. The molecule has 100 valence electrons. The summed E-state index contributed by atoms with van der Waals surface area (Å²) < 4.78 is 19.9. The highest BCUT2D eigenvalue weighted by Gasteiger charge is 2.20. The Bertz CT molecular complexity index is 581. The van der Waals surface area contributed by atoms with E-state index in [1.165, 1.54) is 12.8 Å². The van der Waals surface area contributed by atoms with Gasteiger partial charge in [-0.2, -0.15) is 0 Å². The summed E-state index contributed by atoms with van der Waals surface area (Å²) >= 11 is 3.17. The van der Waals surface area contributed by atoms with E-state index in [1.807, 2.05) is 0 Å². The van der Waals surface area contributed by atoms with E-state index in [0.717, 1.165) is 13.0 Å². The van der Waals surface area contributed by atoms with Gasteiger partial charge in [0.05, 0.1) is 16.2 Å². The third kappa shape index (κ3) is 3.04. The lowest BCUT2D eigenvalue weighted by molar-refractivity contribution is 0.491. The standard InChI is InChI=1S/C14H14BrFN2O/c15-11-3-1-2-10(14(11)16)12-8-18-13(19-12)6-7-17-9-4-5-9/h1-3,8-9,17H,4-7H2. The Balaban J connectivity index is 1.70. The van der Waals surface area contributed by atoms with Crippen LogP contribution in [0.15, 0.2) is 33.3 Å². The van der Waals surface area contributed by atoms with Crippen LogP contribution in [-0.4, -0.2) is 17.6 Å². The first kappa shape index (κ1) is 12.8. The number of oxazole rings is 1. The zero-order valence-corrected chi connectivity index (χ0v) is 11.9.